The summed E-state index contributed by atoms with van der Waals surface area (Å²) in [4.78, 5) is 54.4. The third-order valence-corrected chi connectivity index (χ3v) is 7.87. The largest absolute Gasteiger partial charge is 0.352 e. The Morgan fingerprint density at radius 1 is 1.08 bits per heavy atom. The topological polar surface area (TPSA) is 110 Å². The van der Waals surface area contributed by atoms with Crippen LogP contribution in [0.3, 0.4) is 0 Å². The fraction of sp³-hybridized carbons (Fsp3) is 0.179. The maximum atomic E-state index is 14.3. The number of Topliss-reactive ketones (excluding diaryl/α,β-unsaturated/α-hetero) is 2. The third kappa shape index (κ3) is 3.12. The first-order valence-electron chi connectivity index (χ1n) is 11.7. The zero-order chi connectivity index (χ0) is 26.1. The van der Waals surface area contributed by atoms with E-state index in [0.29, 0.717) is 22.0 Å². The van der Waals surface area contributed by atoms with E-state index in [2.05, 4.69) is 5.32 Å². The third-order valence-electron chi connectivity index (χ3n) is 7.64. The highest BCUT2D eigenvalue weighted by Gasteiger charge is 2.69. The van der Waals surface area contributed by atoms with E-state index in [-0.39, 0.29) is 17.0 Å². The van der Waals surface area contributed by atoms with Gasteiger partial charge in [-0.1, -0.05) is 54.1 Å². The second-order valence-electron chi connectivity index (χ2n) is 9.49. The van der Waals surface area contributed by atoms with E-state index in [1.165, 1.54) is 31.2 Å². The van der Waals surface area contributed by atoms with Crippen molar-refractivity contribution in [2.24, 2.45) is 5.92 Å². The number of anilines is 2. The molecule has 1 amide bonds. The number of para-hydroxylation sites is 1. The minimum atomic E-state index is -1.44. The van der Waals surface area contributed by atoms with Gasteiger partial charge in [-0.2, -0.15) is 0 Å². The van der Waals surface area contributed by atoms with Gasteiger partial charge in [-0.3, -0.25) is 24.5 Å². The Labute approximate surface area is 216 Å². The molecule has 0 radical (unpaired) electrons. The highest BCUT2D eigenvalue weighted by atomic mass is 35.5. The van der Waals surface area contributed by atoms with Crippen molar-refractivity contribution < 1.29 is 19.3 Å². The summed E-state index contributed by atoms with van der Waals surface area (Å²) in [7, 11) is 0. The number of halogens is 1. The van der Waals surface area contributed by atoms with E-state index in [4.69, 9.17) is 11.6 Å². The Morgan fingerprint density at radius 3 is 2.62 bits per heavy atom. The minimum Gasteiger partial charge on any atom is -0.352 e. The molecule has 6 rings (SSSR count). The first-order chi connectivity index (χ1) is 17.7. The lowest BCUT2D eigenvalue weighted by atomic mass is 9.64. The number of nitro groups is 1. The van der Waals surface area contributed by atoms with Gasteiger partial charge < -0.3 is 10.2 Å². The van der Waals surface area contributed by atoms with Crippen LogP contribution in [0.15, 0.2) is 72.8 Å². The molecule has 0 bridgehead atoms. The summed E-state index contributed by atoms with van der Waals surface area (Å²) >= 11 is 6.24. The van der Waals surface area contributed by atoms with Gasteiger partial charge in [0.1, 0.15) is 5.41 Å². The molecule has 9 heteroatoms. The van der Waals surface area contributed by atoms with Crippen molar-refractivity contribution in [2.45, 2.75) is 24.4 Å². The highest BCUT2D eigenvalue weighted by molar-refractivity contribution is 6.31. The van der Waals surface area contributed by atoms with Crippen LogP contribution >= 0.6 is 11.6 Å². The molecule has 3 aliphatic heterocycles. The Kier molecular flexibility index (Phi) is 5.07. The number of nitrogens with one attached hydrogen (secondary N) is 1. The number of carbonyl (C=O) groups is 3. The summed E-state index contributed by atoms with van der Waals surface area (Å²) in [6, 6.07) is 16.2. The van der Waals surface area contributed by atoms with Gasteiger partial charge in [0.15, 0.2) is 11.6 Å². The molecule has 3 aromatic carbocycles. The summed E-state index contributed by atoms with van der Waals surface area (Å²) in [6.45, 7) is 1.40. The summed E-state index contributed by atoms with van der Waals surface area (Å²) < 4.78 is 0. The second kappa shape index (κ2) is 8.11. The number of nitro benzene ring substituents is 1. The lowest BCUT2D eigenvalue weighted by molar-refractivity contribution is -0.384. The maximum Gasteiger partial charge on any atom is 0.270 e. The average molecular weight is 514 g/mol. The fourth-order valence-corrected chi connectivity index (χ4v) is 6.44. The molecule has 0 aromatic heterocycles. The van der Waals surface area contributed by atoms with E-state index >= 15 is 0 Å². The van der Waals surface area contributed by atoms with Gasteiger partial charge in [-0.05, 0) is 42.3 Å². The van der Waals surface area contributed by atoms with Crippen LogP contribution in [-0.4, -0.2) is 34.5 Å². The van der Waals surface area contributed by atoms with E-state index < -0.39 is 40.0 Å². The van der Waals surface area contributed by atoms with Gasteiger partial charge in [0.25, 0.3) is 5.69 Å². The quantitative estimate of drug-likeness (QED) is 0.304. The maximum absolute atomic E-state index is 14.3. The van der Waals surface area contributed by atoms with Crippen LogP contribution in [0.4, 0.5) is 17.1 Å². The molecule has 184 valence electrons. The molecule has 0 unspecified atom stereocenters. The molecule has 8 nitrogen and oxygen atoms in total. The Morgan fingerprint density at radius 2 is 1.86 bits per heavy atom. The number of carbonyl (C=O) groups excluding carboxylic acids is 3. The number of benzene rings is 3. The number of nitrogens with zero attached hydrogens (tertiary/aromatic N) is 2. The molecule has 0 aliphatic carbocycles. The van der Waals surface area contributed by atoms with E-state index in [0.717, 1.165) is 5.56 Å². The lowest BCUT2D eigenvalue weighted by Crippen LogP contribution is -2.51. The van der Waals surface area contributed by atoms with Gasteiger partial charge in [0.2, 0.25) is 5.91 Å². The summed E-state index contributed by atoms with van der Waals surface area (Å²) in [5.74, 6) is -2.33. The number of rotatable bonds is 4. The van der Waals surface area contributed by atoms with Gasteiger partial charge >= 0.3 is 0 Å². The monoisotopic (exact) mass is 513 g/mol. The van der Waals surface area contributed by atoms with Crippen molar-refractivity contribution in [3.05, 3.63) is 105 Å². The summed E-state index contributed by atoms with van der Waals surface area (Å²) in [6.07, 6.45) is 3.70. The first-order valence-corrected chi connectivity index (χ1v) is 12.1. The Hall–Kier alpha value is -4.30. The van der Waals surface area contributed by atoms with Crippen LogP contribution in [0.2, 0.25) is 5.02 Å². The van der Waals surface area contributed by atoms with Gasteiger partial charge in [-0.25, -0.2) is 0 Å². The lowest BCUT2D eigenvalue weighted by Gasteiger charge is -2.37. The molecule has 37 heavy (non-hydrogen) atoms. The van der Waals surface area contributed by atoms with Crippen LogP contribution in [-0.2, 0) is 15.0 Å². The molecule has 1 saturated heterocycles. The van der Waals surface area contributed by atoms with Gasteiger partial charge in [-0.15, -0.1) is 0 Å². The van der Waals surface area contributed by atoms with E-state index in [1.807, 2.05) is 17.1 Å². The molecule has 1 N–H and O–H groups in total. The highest BCUT2D eigenvalue weighted by Crippen LogP contribution is 2.57. The molecular formula is C28H20ClN3O5. The molecule has 3 heterocycles. The number of amides is 1. The smallest absolute Gasteiger partial charge is 0.270 e. The zero-order valence-electron chi connectivity index (χ0n) is 19.6. The molecule has 1 fully saturated rings. The van der Waals surface area contributed by atoms with Crippen LogP contribution in [0, 0.1) is 16.0 Å². The van der Waals surface area contributed by atoms with E-state index in [1.54, 1.807) is 42.5 Å². The standard InChI is InChI=1S/C28H20ClN3O5/c1-15(33)25-24(26(34)17-5-4-6-19(14-17)32(36)37)28(20-7-2-3-8-21(20)30-27(28)35)23-12-9-16-13-18(29)10-11-22(16)31(23)25/h2-14,23-25H,1H3,(H,30,35)/t23-,24-,25-,28+/m1/s1. The number of non-ortho nitro benzene ring substituents is 1. The number of hydrogen-bond donors (Lipinski definition) is 1. The molecule has 1 spiro atoms. The van der Waals surface area contributed by atoms with Crippen molar-refractivity contribution in [3.63, 3.8) is 0 Å². The van der Waals surface area contributed by atoms with Crippen molar-refractivity contribution in [1.82, 2.24) is 0 Å². The number of fused-ring (bicyclic) bond motifs is 6. The van der Waals surface area contributed by atoms with Gasteiger partial charge in [0.05, 0.1) is 22.9 Å². The summed E-state index contributed by atoms with van der Waals surface area (Å²) in [5, 5.41) is 14.9. The molecule has 0 saturated carbocycles. The van der Waals surface area contributed by atoms with Crippen molar-refractivity contribution in [2.75, 3.05) is 10.2 Å². The van der Waals surface area contributed by atoms with Crippen molar-refractivity contribution in [3.8, 4) is 0 Å². The van der Waals surface area contributed by atoms with Gasteiger partial charge in [0, 0.05) is 34.1 Å². The Bertz CT molecular complexity index is 1570. The SMILES string of the molecule is CC(=O)[C@@H]1[C@H](C(=O)c2cccc([N+](=O)[O-])c2)[C@@]2(C(=O)Nc3ccccc32)[C@H]2C=Cc3cc(Cl)ccc3N12. The van der Waals surface area contributed by atoms with Crippen LogP contribution in [0.1, 0.15) is 28.4 Å². The van der Waals surface area contributed by atoms with Crippen LogP contribution in [0.25, 0.3) is 6.08 Å². The van der Waals surface area contributed by atoms with Crippen molar-refractivity contribution >= 4 is 52.2 Å². The normalized spacial score (nSPS) is 24.9. The molecule has 4 atom stereocenters. The number of hydrogen-bond acceptors (Lipinski definition) is 6. The fourth-order valence-electron chi connectivity index (χ4n) is 6.26. The Balaban J connectivity index is 1.64. The zero-order valence-corrected chi connectivity index (χ0v) is 20.3. The number of ketones is 2. The van der Waals surface area contributed by atoms with Crippen molar-refractivity contribution in [1.29, 1.82) is 0 Å². The van der Waals surface area contributed by atoms with E-state index in [9.17, 15) is 24.5 Å². The predicted molar refractivity (Wildman–Crippen MR) is 139 cm³/mol. The first kappa shape index (κ1) is 23.1. The molecular weight excluding hydrogens is 494 g/mol. The minimum absolute atomic E-state index is 0.0714. The van der Waals surface area contributed by atoms with Crippen LogP contribution < -0.4 is 10.2 Å². The predicted octanol–water partition coefficient (Wildman–Crippen LogP) is 4.81. The summed E-state index contributed by atoms with van der Waals surface area (Å²) in [5.41, 5.74) is 1.02. The average Bonchev–Trinajstić information content (AvgIpc) is 3.36. The second-order valence-corrected chi connectivity index (χ2v) is 9.92. The van der Waals surface area contributed by atoms with Crippen LogP contribution in [0.5, 0.6) is 0 Å². The molecule has 3 aliphatic rings. The molecule has 3 aromatic rings.